The third-order valence-corrected chi connectivity index (χ3v) is 2.56. The van der Waals surface area contributed by atoms with Gasteiger partial charge in [-0.25, -0.2) is 4.68 Å². The van der Waals surface area contributed by atoms with Crippen molar-refractivity contribution >= 4 is 17.9 Å². The largest absolute Gasteiger partial charge is 0.481 e. The SMILES string of the molecule is COc1cc(C(=O)Nc2cccc(C=O)c2)nn1C. The number of aromatic nitrogens is 2. The van der Waals surface area contributed by atoms with Gasteiger partial charge in [0.05, 0.1) is 7.11 Å². The van der Waals surface area contributed by atoms with Crippen LogP contribution >= 0.6 is 0 Å². The predicted octanol–water partition coefficient (Wildman–Crippen LogP) is 1.49. The van der Waals surface area contributed by atoms with Crippen LogP contribution in [0.5, 0.6) is 5.88 Å². The van der Waals surface area contributed by atoms with Gasteiger partial charge in [0, 0.05) is 24.4 Å². The van der Waals surface area contributed by atoms with E-state index in [0.717, 1.165) is 6.29 Å². The molecule has 0 saturated heterocycles. The molecule has 1 heterocycles. The van der Waals surface area contributed by atoms with E-state index in [1.807, 2.05) is 0 Å². The minimum Gasteiger partial charge on any atom is -0.481 e. The fraction of sp³-hybridized carbons (Fsp3) is 0.154. The zero-order valence-corrected chi connectivity index (χ0v) is 10.6. The van der Waals surface area contributed by atoms with Gasteiger partial charge in [-0.15, -0.1) is 0 Å². The van der Waals surface area contributed by atoms with Crippen molar-refractivity contribution in [2.75, 3.05) is 12.4 Å². The number of anilines is 1. The summed E-state index contributed by atoms with van der Waals surface area (Å²) in [5.41, 5.74) is 1.28. The number of hydrogen-bond donors (Lipinski definition) is 1. The van der Waals surface area contributed by atoms with E-state index < -0.39 is 0 Å². The van der Waals surface area contributed by atoms with Crippen LogP contribution in [0.2, 0.25) is 0 Å². The lowest BCUT2D eigenvalue weighted by molar-refractivity contribution is 0.102. The molecule has 2 rings (SSSR count). The summed E-state index contributed by atoms with van der Waals surface area (Å²) in [6.45, 7) is 0. The van der Waals surface area contributed by atoms with Gasteiger partial charge in [0.15, 0.2) is 5.69 Å². The number of rotatable bonds is 4. The topological polar surface area (TPSA) is 73.2 Å². The first-order valence-electron chi connectivity index (χ1n) is 5.58. The molecule has 6 nitrogen and oxygen atoms in total. The molecule has 2 aromatic rings. The number of amides is 1. The Hall–Kier alpha value is -2.63. The first kappa shape index (κ1) is 12.8. The second kappa shape index (κ2) is 5.34. The third kappa shape index (κ3) is 2.79. The van der Waals surface area contributed by atoms with Crippen molar-refractivity contribution < 1.29 is 14.3 Å². The molecule has 0 fully saturated rings. The number of benzene rings is 1. The lowest BCUT2D eigenvalue weighted by Gasteiger charge is -2.03. The van der Waals surface area contributed by atoms with E-state index in [9.17, 15) is 9.59 Å². The van der Waals surface area contributed by atoms with Crippen LogP contribution in [0.1, 0.15) is 20.8 Å². The number of carbonyl (C=O) groups excluding carboxylic acids is 2. The van der Waals surface area contributed by atoms with E-state index in [1.165, 1.54) is 11.8 Å². The van der Waals surface area contributed by atoms with Crippen LogP contribution in [0.4, 0.5) is 5.69 Å². The van der Waals surface area contributed by atoms with Crippen LogP contribution in [0, 0.1) is 0 Å². The van der Waals surface area contributed by atoms with Gasteiger partial charge in [0.25, 0.3) is 5.91 Å². The maximum atomic E-state index is 12.0. The lowest BCUT2D eigenvalue weighted by atomic mass is 10.2. The van der Waals surface area contributed by atoms with E-state index >= 15 is 0 Å². The molecule has 0 aliphatic carbocycles. The molecule has 6 heteroatoms. The summed E-state index contributed by atoms with van der Waals surface area (Å²) in [4.78, 5) is 22.6. The Bertz CT molecular complexity index is 619. The quantitative estimate of drug-likeness (QED) is 0.844. The molecule has 0 aliphatic heterocycles. The number of carbonyl (C=O) groups is 2. The molecular formula is C13H13N3O3. The summed E-state index contributed by atoms with van der Waals surface area (Å²) in [5.74, 6) is 0.133. The van der Waals surface area contributed by atoms with Crippen LogP contribution in [-0.2, 0) is 7.05 Å². The third-order valence-electron chi connectivity index (χ3n) is 2.56. The summed E-state index contributed by atoms with van der Waals surface area (Å²) >= 11 is 0. The van der Waals surface area contributed by atoms with Crippen molar-refractivity contribution in [3.8, 4) is 5.88 Å². The van der Waals surface area contributed by atoms with E-state index in [4.69, 9.17) is 4.74 Å². The van der Waals surface area contributed by atoms with Gasteiger partial charge in [-0.05, 0) is 12.1 Å². The molecule has 0 radical (unpaired) electrons. The average molecular weight is 259 g/mol. The minimum atomic E-state index is -0.359. The molecule has 0 atom stereocenters. The van der Waals surface area contributed by atoms with Crippen LogP contribution in [-0.4, -0.2) is 29.1 Å². The maximum Gasteiger partial charge on any atom is 0.276 e. The van der Waals surface area contributed by atoms with Crippen LogP contribution in [0.25, 0.3) is 0 Å². The minimum absolute atomic E-state index is 0.246. The van der Waals surface area contributed by atoms with Crippen molar-refractivity contribution in [3.63, 3.8) is 0 Å². The van der Waals surface area contributed by atoms with Crippen LogP contribution in [0.3, 0.4) is 0 Å². The zero-order chi connectivity index (χ0) is 13.8. The monoisotopic (exact) mass is 259 g/mol. The van der Waals surface area contributed by atoms with Crippen molar-refractivity contribution in [2.45, 2.75) is 0 Å². The van der Waals surface area contributed by atoms with Gasteiger partial charge in [-0.3, -0.25) is 9.59 Å². The second-order valence-electron chi connectivity index (χ2n) is 3.89. The number of nitrogens with zero attached hydrogens (tertiary/aromatic N) is 2. The van der Waals surface area contributed by atoms with Crippen molar-refractivity contribution in [3.05, 3.63) is 41.6 Å². The van der Waals surface area contributed by atoms with E-state index in [-0.39, 0.29) is 11.6 Å². The number of nitrogens with one attached hydrogen (secondary N) is 1. The van der Waals surface area contributed by atoms with Gasteiger partial charge in [0.2, 0.25) is 5.88 Å². The normalized spacial score (nSPS) is 10.0. The summed E-state index contributed by atoms with van der Waals surface area (Å²) < 4.78 is 6.51. The maximum absolute atomic E-state index is 12.0. The summed E-state index contributed by atoms with van der Waals surface area (Å²) in [5, 5.41) is 6.70. The van der Waals surface area contributed by atoms with E-state index in [1.54, 1.807) is 37.4 Å². The lowest BCUT2D eigenvalue weighted by Crippen LogP contribution is -2.13. The summed E-state index contributed by atoms with van der Waals surface area (Å²) in [7, 11) is 3.19. The number of hydrogen-bond acceptors (Lipinski definition) is 4. The Kier molecular flexibility index (Phi) is 3.61. The number of aldehydes is 1. The molecule has 1 aromatic heterocycles. The molecule has 98 valence electrons. The Morgan fingerprint density at radius 1 is 1.42 bits per heavy atom. The second-order valence-corrected chi connectivity index (χ2v) is 3.89. The number of ether oxygens (including phenoxy) is 1. The van der Waals surface area contributed by atoms with Crippen LogP contribution in [0.15, 0.2) is 30.3 Å². The van der Waals surface area contributed by atoms with Gasteiger partial charge in [0.1, 0.15) is 6.29 Å². The van der Waals surface area contributed by atoms with Crippen LogP contribution < -0.4 is 10.1 Å². The molecule has 1 N–H and O–H groups in total. The Balaban J connectivity index is 2.17. The smallest absolute Gasteiger partial charge is 0.276 e. The zero-order valence-electron chi connectivity index (χ0n) is 10.6. The highest BCUT2D eigenvalue weighted by Gasteiger charge is 2.13. The standard InChI is InChI=1S/C13H13N3O3/c1-16-12(19-2)7-11(15-16)13(18)14-10-5-3-4-9(6-10)8-17/h3-8H,1-2H3,(H,14,18). The number of aryl methyl sites for hydroxylation is 1. The van der Waals surface area contributed by atoms with Crippen molar-refractivity contribution in [1.29, 1.82) is 0 Å². The van der Waals surface area contributed by atoms with Gasteiger partial charge < -0.3 is 10.1 Å². The van der Waals surface area contributed by atoms with E-state index in [0.29, 0.717) is 17.1 Å². The van der Waals surface area contributed by atoms with Crippen molar-refractivity contribution in [2.24, 2.45) is 7.05 Å². The van der Waals surface area contributed by atoms with Gasteiger partial charge in [-0.1, -0.05) is 12.1 Å². The molecule has 0 spiro atoms. The molecular weight excluding hydrogens is 246 g/mol. The first-order chi connectivity index (χ1) is 9.13. The molecule has 0 saturated carbocycles. The van der Waals surface area contributed by atoms with Gasteiger partial charge in [-0.2, -0.15) is 5.10 Å². The van der Waals surface area contributed by atoms with Gasteiger partial charge >= 0.3 is 0 Å². The van der Waals surface area contributed by atoms with Crippen molar-refractivity contribution in [1.82, 2.24) is 9.78 Å². The molecule has 0 aliphatic rings. The average Bonchev–Trinajstić information content (AvgIpc) is 2.80. The highest BCUT2D eigenvalue weighted by atomic mass is 16.5. The highest BCUT2D eigenvalue weighted by molar-refractivity contribution is 6.03. The molecule has 1 aromatic carbocycles. The highest BCUT2D eigenvalue weighted by Crippen LogP contribution is 2.14. The number of methoxy groups -OCH3 is 1. The summed E-state index contributed by atoms with van der Waals surface area (Å²) in [6, 6.07) is 8.18. The Morgan fingerprint density at radius 3 is 2.84 bits per heavy atom. The fourth-order valence-electron chi connectivity index (χ4n) is 1.64. The molecule has 1 amide bonds. The molecule has 19 heavy (non-hydrogen) atoms. The fourth-order valence-corrected chi connectivity index (χ4v) is 1.64. The van der Waals surface area contributed by atoms with E-state index in [2.05, 4.69) is 10.4 Å². The Labute approximate surface area is 110 Å². The molecule has 0 unspecified atom stereocenters. The summed E-state index contributed by atoms with van der Waals surface area (Å²) in [6.07, 6.45) is 0.722. The predicted molar refractivity (Wildman–Crippen MR) is 69.5 cm³/mol. The molecule has 0 bridgehead atoms. The first-order valence-corrected chi connectivity index (χ1v) is 5.58. The Morgan fingerprint density at radius 2 is 2.21 bits per heavy atom.